The van der Waals surface area contributed by atoms with Crippen LogP contribution in [0.5, 0.6) is 0 Å². The molecule has 1 aliphatic rings. The molecule has 158 valence electrons. The fourth-order valence-electron chi connectivity index (χ4n) is 3.80. The number of amides is 1. The van der Waals surface area contributed by atoms with Gasteiger partial charge in [0.15, 0.2) is 0 Å². The topological polar surface area (TPSA) is 75.7 Å². The van der Waals surface area contributed by atoms with Crippen LogP contribution in [-0.4, -0.2) is 51.0 Å². The number of hydrogen-bond acceptors (Lipinski definition) is 4. The van der Waals surface area contributed by atoms with Gasteiger partial charge in [-0.15, -0.1) is 0 Å². The molecule has 0 aromatic heterocycles. The molecule has 1 aromatic carbocycles. The van der Waals surface area contributed by atoms with E-state index in [1.54, 1.807) is 0 Å². The zero-order valence-electron chi connectivity index (χ0n) is 17.7. The summed E-state index contributed by atoms with van der Waals surface area (Å²) in [5.41, 5.74) is 2.49. The third kappa shape index (κ3) is 5.55. The van der Waals surface area contributed by atoms with Crippen molar-refractivity contribution in [2.24, 2.45) is 5.92 Å². The van der Waals surface area contributed by atoms with Gasteiger partial charge in [0.05, 0.1) is 4.90 Å². The summed E-state index contributed by atoms with van der Waals surface area (Å²) in [6.07, 6.45) is 1.96. The van der Waals surface area contributed by atoms with Crippen molar-refractivity contribution in [3.63, 3.8) is 0 Å². The Morgan fingerprint density at radius 3 is 2.50 bits per heavy atom. The van der Waals surface area contributed by atoms with E-state index in [0.717, 1.165) is 16.7 Å². The van der Waals surface area contributed by atoms with Crippen LogP contribution in [0.1, 0.15) is 49.8 Å². The predicted molar refractivity (Wildman–Crippen MR) is 111 cm³/mol. The molecule has 1 heterocycles. The molecule has 1 fully saturated rings. The first-order chi connectivity index (χ1) is 13.1. The van der Waals surface area contributed by atoms with Crippen LogP contribution < -0.4 is 5.32 Å². The van der Waals surface area contributed by atoms with Gasteiger partial charge in [-0.2, -0.15) is 4.31 Å². The van der Waals surface area contributed by atoms with Crippen molar-refractivity contribution in [3.8, 4) is 0 Å². The Kier molecular flexibility index (Phi) is 8.04. The van der Waals surface area contributed by atoms with E-state index >= 15 is 0 Å². The van der Waals surface area contributed by atoms with E-state index in [4.69, 9.17) is 4.74 Å². The maximum absolute atomic E-state index is 13.3. The van der Waals surface area contributed by atoms with Crippen LogP contribution in [0, 0.1) is 26.7 Å². The maximum Gasteiger partial charge on any atom is 0.244 e. The van der Waals surface area contributed by atoms with Crippen LogP contribution >= 0.6 is 0 Å². The van der Waals surface area contributed by atoms with Gasteiger partial charge in [0.1, 0.15) is 6.04 Å². The van der Waals surface area contributed by atoms with Gasteiger partial charge in [0.2, 0.25) is 15.9 Å². The Bertz CT molecular complexity index is 767. The molecule has 6 nitrogen and oxygen atoms in total. The van der Waals surface area contributed by atoms with Crippen molar-refractivity contribution in [3.05, 3.63) is 28.8 Å². The molecule has 1 aromatic rings. The summed E-state index contributed by atoms with van der Waals surface area (Å²) in [5.74, 6) is 0.271. The molecule has 7 heteroatoms. The molecule has 0 radical (unpaired) electrons. The van der Waals surface area contributed by atoms with Gasteiger partial charge in [-0.25, -0.2) is 8.42 Å². The molecular formula is C21H34N2O4S. The van der Waals surface area contributed by atoms with Gasteiger partial charge < -0.3 is 10.1 Å². The minimum Gasteiger partial charge on any atom is -0.381 e. The fourth-order valence-corrected chi connectivity index (χ4v) is 5.88. The minimum absolute atomic E-state index is 0.215. The predicted octanol–water partition coefficient (Wildman–Crippen LogP) is 2.94. The van der Waals surface area contributed by atoms with E-state index in [1.165, 1.54) is 4.31 Å². The highest BCUT2D eigenvalue weighted by molar-refractivity contribution is 7.89. The van der Waals surface area contributed by atoms with Crippen LogP contribution in [0.25, 0.3) is 0 Å². The first-order valence-corrected chi connectivity index (χ1v) is 11.5. The zero-order chi connectivity index (χ0) is 20.9. The first kappa shape index (κ1) is 22.8. The average molecular weight is 411 g/mol. The third-order valence-corrected chi connectivity index (χ3v) is 7.11. The average Bonchev–Trinajstić information content (AvgIpc) is 3.07. The largest absolute Gasteiger partial charge is 0.381 e. The lowest BCUT2D eigenvalue weighted by molar-refractivity contribution is -0.124. The van der Waals surface area contributed by atoms with Crippen molar-refractivity contribution in [2.45, 2.75) is 64.8 Å². The summed E-state index contributed by atoms with van der Waals surface area (Å²) in [6.45, 7) is 11.9. The highest BCUT2D eigenvalue weighted by Crippen LogP contribution is 2.30. The summed E-state index contributed by atoms with van der Waals surface area (Å²) in [4.78, 5) is 13.0. The normalized spacial score (nSPS) is 18.0. The number of carbonyl (C=O) groups excluding carboxylic acids is 1. The highest BCUT2D eigenvalue weighted by Gasteiger charge is 2.40. The number of rotatable bonds is 9. The van der Waals surface area contributed by atoms with Gasteiger partial charge in [-0.05, 0) is 57.1 Å². The molecule has 2 rings (SSSR count). The Labute approximate surface area is 169 Å². The Balaban J connectivity index is 2.03. The Morgan fingerprint density at radius 1 is 1.25 bits per heavy atom. The van der Waals surface area contributed by atoms with Crippen molar-refractivity contribution >= 4 is 15.9 Å². The molecule has 1 saturated heterocycles. The number of ether oxygens (including phenoxy) is 1. The first-order valence-electron chi connectivity index (χ1n) is 10.1. The van der Waals surface area contributed by atoms with Gasteiger partial charge in [0.25, 0.3) is 0 Å². The van der Waals surface area contributed by atoms with Gasteiger partial charge in [-0.1, -0.05) is 31.5 Å². The van der Waals surface area contributed by atoms with Crippen LogP contribution in [0.4, 0.5) is 0 Å². The zero-order valence-corrected chi connectivity index (χ0v) is 18.6. The Hall–Kier alpha value is -1.44. The molecule has 0 saturated carbocycles. The summed E-state index contributed by atoms with van der Waals surface area (Å²) >= 11 is 0. The molecule has 0 aliphatic carbocycles. The van der Waals surface area contributed by atoms with E-state index < -0.39 is 16.1 Å². The molecule has 0 bridgehead atoms. The van der Waals surface area contributed by atoms with Gasteiger partial charge in [0, 0.05) is 26.3 Å². The summed E-state index contributed by atoms with van der Waals surface area (Å²) in [5, 5.41) is 2.88. The van der Waals surface area contributed by atoms with Crippen LogP contribution in [0.3, 0.4) is 0 Å². The smallest absolute Gasteiger partial charge is 0.244 e. The number of nitrogens with zero attached hydrogens (tertiary/aromatic N) is 1. The van der Waals surface area contributed by atoms with Crippen molar-refractivity contribution in [2.75, 3.05) is 26.3 Å². The van der Waals surface area contributed by atoms with Crippen LogP contribution in [-0.2, 0) is 19.6 Å². The molecule has 1 unspecified atom stereocenters. The second-order valence-corrected chi connectivity index (χ2v) is 9.94. The number of nitrogens with one attached hydrogen (secondary N) is 1. The lowest BCUT2D eigenvalue weighted by Crippen LogP contribution is -2.46. The van der Waals surface area contributed by atoms with Crippen molar-refractivity contribution in [1.82, 2.24) is 9.62 Å². The monoisotopic (exact) mass is 410 g/mol. The quantitative estimate of drug-likeness (QED) is 0.635. The molecule has 1 amide bonds. The van der Waals surface area contributed by atoms with E-state index in [0.29, 0.717) is 56.4 Å². The number of carbonyl (C=O) groups is 1. The van der Waals surface area contributed by atoms with Crippen molar-refractivity contribution < 1.29 is 17.9 Å². The minimum atomic E-state index is -3.71. The standard InChI is InChI=1S/C21H34N2O4S/c1-15(2)14-27-11-7-9-22-21(24)19-8-6-10-23(19)28(25,26)20-17(4)12-16(3)13-18(20)5/h12-13,15,19H,6-11,14H2,1-5H3,(H,22,24). The summed E-state index contributed by atoms with van der Waals surface area (Å²) in [7, 11) is -3.71. The maximum atomic E-state index is 13.3. The van der Waals surface area contributed by atoms with E-state index in [-0.39, 0.29) is 5.91 Å². The summed E-state index contributed by atoms with van der Waals surface area (Å²) in [6, 6.07) is 3.12. The third-order valence-electron chi connectivity index (χ3n) is 4.89. The highest BCUT2D eigenvalue weighted by atomic mass is 32.2. The van der Waals surface area contributed by atoms with E-state index in [9.17, 15) is 13.2 Å². The number of sulfonamides is 1. The van der Waals surface area contributed by atoms with Crippen LogP contribution in [0.2, 0.25) is 0 Å². The Morgan fingerprint density at radius 2 is 1.89 bits per heavy atom. The van der Waals surface area contributed by atoms with Gasteiger partial charge >= 0.3 is 0 Å². The molecule has 0 spiro atoms. The van der Waals surface area contributed by atoms with E-state index in [2.05, 4.69) is 19.2 Å². The molecule has 1 atom stereocenters. The van der Waals surface area contributed by atoms with Gasteiger partial charge in [-0.3, -0.25) is 4.79 Å². The molecule has 28 heavy (non-hydrogen) atoms. The number of hydrogen-bond donors (Lipinski definition) is 1. The fraction of sp³-hybridized carbons (Fsp3) is 0.667. The van der Waals surface area contributed by atoms with Crippen LogP contribution in [0.15, 0.2) is 17.0 Å². The molecule has 1 aliphatic heterocycles. The second kappa shape index (κ2) is 9.85. The SMILES string of the molecule is Cc1cc(C)c(S(=O)(=O)N2CCCC2C(=O)NCCCOCC(C)C)c(C)c1. The number of aryl methyl sites for hydroxylation is 3. The van der Waals surface area contributed by atoms with Crippen molar-refractivity contribution in [1.29, 1.82) is 0 Å². The van der Waals surface area contributed by atoms with E-state index in [1.807, 2.05) is 32.9 Å². The lowest BCUT2D eigenvalue weighted by atomic mass is 10.1. The summed E-state index contributed by atoms with van der Waals surface area (Å²) < 4.78 is 33.5. The number of benzene rings is 1. The second-order valence-electron chi connectivity index (χ2n) is 8.11. The molecule has 1 N–H and O–H groups in total. The lowest BCUT2D eigenvalue weighted by Gasteiger charge is -2.25. The molecular weight excluding hydrogens is 376 g/mol.